The van der Waals surface area contributed by atoms with Crippen molar-refractivity contribution in [3.05, 3.63) is 35.4 Å². The monoisotopic (exact) mass is 244 g/mol. The fourth-order valence-corrected chi connectivity index (χ4v) is 3.47. The largest absolute Gasteiger partial charge is 0.312 e. The topological polar surface area (TPSA) is 15.3 Å². The molecular formula is C16H24N2. The Kier molecular flexibility index (Phi) is 3.67. The third-order valence-corrected chi connectivity index (χ3v) is 4.48. The average Bonchev–Trinajstić information content (AvgIpc) is 3.02. The zero-order chi connectivity index (χ0) is 12.4. The van der Waals surface area contributed by atoms with Crippen LogP contribution in [0, 0.1) is 6.92 Å². The van der Waals surface area contributed by atoms with Crippen LogP contribution in [-0.4, -0.2) is 30.1 Å². The summed E-state index contributed by atoms with van der Waals surface area (Å²) in [4.78, 5) is 2.69. The predicted molar refractivity (Wildman–Crippen MR) is 75.6 cm³/mol. The molecule has 98 valence electrons. The first-order valence-corrected chi connectivity index (χ1v) is 7.36. The number of nitrogens with one attached hydrogen (secondary N) is 1. The van der Waals surface area contributed by atoms with E-state index in [1.165, 1.54) is 49.9 Å². The van der Waals surface area contributed by atoms with Gasteiger partial charge in [0.15, 0.2) is 0 Å². The number of hydrogen-bond acceptors (Lipinski definition) is 2. The molecule has 0 saturated carbocycles. The van der Waals surface area contributed by atoms with Crippen molar-refractivity contribution in [1.29, 1.82) is 0 Å². The summed E-state index contributed by atoms with van der Waals surface area (Å²) < 4.78 is 0. The third-order valence-electron chi connectivity index (χ3n) is 4.48. The second-order valence-electron chi connectivity index (χ2n) is 5.87. The van der Waals surface area contributed by atoms with E-state index in [4.69, 9.17) is 0 Å². The first-order valence-electron chi connectivity index (χ1n) is 7.36. The van der Waals surface area contributed by atoms with Crippen molar-refractivity contribution in [1.82, 2.24) is 10.2 Å². The summed E-state index contributed by atoms with van der Waals surface area (Å²) in [5, 5.41) is 3.68. The molecule has 0 aliphatic carbocycles. The lowest BCUT2D eigenvalue weighted by Crippen LogP contribution is -2.43. The Hall–Kier alpha value is -0.860. The average molecular weight is 244 g/mol. The molecule has 2 heteroatoms. The summed E-state index contributed by atoms with van der Waals surface area (Å²) in [7, 11) is 0. The second-order valence-corrected chi connectivity index (χ2v) is 5.87. The van der Waals surface area contributed by atoms with Gasteiger partial charge in [-0.25, -0.2) is 0 Å². The Labute approximate surface area is 110 Å². The highest BCUT2D eigenvalue weighted by molar-refractivity contribution is 5.21. The standard InChI is InChI=1S/C16H24N2/c1-13-6-8-14(9-7-13)12-18-11-3-5-16(18)15-4-2-10-17-15/h6-9,15-17H,2-5,10-12H2,1H3. The van der Waals surface area contributed by atoms with Crippen LogP contribution in [0.25, 0.3) is 0 Å². The molecule has 2 atom stereocenters. The molecule has 2 saturated heterocycles. The van der Waals surface area contributed by atoms with Gasteiger partial charge in [0, 0.05) is 18.6 Å². The Balaban J connectivity index is 1.65. The van der Waals surface area contributed by atoms with Crippen LogP contribution in [0.15, 0.2) is 24.3 Å². The molecule has 2 heterocycles. The van der Waals surface area contributed by atoms with Crippen LogP contribution in [-0.2, 0) is 6.54 Å². The minimum absolute atomic E-state index is 0.748. The lowest BCUT2D eigenvalue weighted by atomic mass is 10.0. The van der Waals surface area contributed by atoms with Crippen LogP contribution in [0.2, 0.25) is 0 Å². The first-order chi connectivity index (χ1) is 8.83. The Morgan fingerprint density at radius 3 is 2.72 bits per heavy atom. The molecule has 0 amide bonds. The van der Waals surface area contributed by atoms with Crippen LogP contribution >= 0.6 is 0 Å². The third kappa shape index (κ3) is 2.60. The van der Waals surface area contributed by atoms with E-state index < -0.39 is 0 Å². The number of hydrogen-bond donors (Lipinski definition) is 1. The van der Waals surface area contributed by atoms with E-state index in [1.807, 2.05) is 0 Å². The number of likely N-dealkylation sites (tertiary alicyclic amines) is 1. The zero-order valence-corrected chi connectivity index (χ0v) is 11.4. The van der Waals surface area contributed by atoms with Gasteiger partial charge in [0.2, 0.25) is 0 Å². The smallest absolute Gasteiger partial charge is 0.0253 e. The Bertz CT molecular complexity index is 379. The molecule has 0 spiro atoms. The Morgan fingerprint density at radius 2 is 2.00 bits per heavy atom. The predicted octanol–water partition coefficient (Wildman–Crippen LogP) is 2.71. The van der Waals surface area contributed by atoms with Gasteiger partial charge < -0.3 is 5.32 Å². The number of aryl methyl sites for hydroxylation is 1. The van der Waals surface area contributed by atoms with Crippen molar-refractivity contribution < 1.29 is 0 Å². The van der Waals surface area contributed by atoms with Gasteiger partial charge >= 0.3 is 0 Å². The fraction of sp³-hybridized carbons (Fsp3) is 0.625. The van der Waals surface area contributed by atoms with Crippen molar-refractivity contribution in [2.24, 2.45) is 0 Å². The van der Waals surface area contributed by atoms with Gasteiger partial charge in [-0.1, -0.05) is 29.8 Å². The highest BCUT2D eigenvalue weighted by Crippen LogP contribution is 2.26. The quantitative estimate of drug-likeness (QED) is 0.879. The highest BCUT2D eigenvalue weighted by Gasteiger charge is 2.32. The summed E-state index contributed by atoms with van der Waals surface area (Å²) in [6.07, 6.45) is 5.48. The summed E-state index contributed by atoms with van der Waals surface area (Å²) in [6, 6.07) is 10.5. The second kappa shape index (κ2) is 5.41. The lowest BCUT2D eigenvalue weighted by molar-refractivity contribution is 0.206. The van der Waals surface area contributed by atoms with E-state index in [0.29, 0.717) is 0 Å². The van der Waals surface area contributed by atoms with E-state index in [1.54, 1.807) is 0 Å². The van der Waals surface area contributed by atoms with Gasteiger partial charge in [-0.15, -0.1) is 0 Å². The van der Waals surface area contributed by atoms with Gasteiger partial charge in [-0.05, 0) is 51.3 Å². The van der Waals surface area contributed by atoms with Crippen LogP contribution in [0.3, 0.4) is 0 Å². The molecule has 0 aromatic heterocycles. The molecule has 2 nitrogen and oxygen atoms in total. The van der Waals surface area contributed by atoms with Crippen molar-refractivity contribution in [2.75, 3.05) is 13.1 Å². The van der Waals surface area contributed by atoms with Gasteiger partial charge in [0.05, 0.1) is 0 Å². The summed E-state index contributed by atoms with van der Waals surface area (Å²) >= 11 is 0. The van der Waals surface area contributed by atoms with Gasteiger partial charge in [-0.2, -0.15) is 0 Å². The summed E-state index contributed by atoms with van der Waals surface area (Å²) in [5.41, 5.74) is 2.82. The number of nitrogens with zero attached hydrogens (tertiary/aromatic N) is 1. The minimum atomic E-state index is 0.748. The molecule has 18 heavy (non-hydrogen) atoms. The molecule has 0 radical (unpaired) electrons. The van der Waals surface area contributed by atoms with Crippen LogP contribution in [0.5, 0.6) is 0 Å². The van der Waals surface area contributed by atoms with Gasteiger partial charge in [-0.3, -0.25) is 4.90 Å². The molecule has 1 N–H and O–H groups in total. The number of rotatable bonds is 3. The normalized spacial score (nSPS) is 28.9. The number of benzene rings is 1. The first kappa shape index (κ1) is 12.2. The summed E-state index contributed by atoms with van der Waals surface area (Å²) in [5.74, 6) is 0. The van der Waals surface area contributed by atoms with Crippen LogP contribution in [0.1, 0.15) is 36.8 Å². The highest BCUT2D eigenvalue weighted by atomic mass is 15.2. The molecule has 2 unspecified atom stereocenters. The maximum absolute atomic E-state index is 3.68. The Morgan fingerprint density at radius 1 is 1.17 bits per heavy atom. The molecular weight excluding hydrogens is 220 g/mol. The molecule has 1 aromatic rings. The zero-order valence-electron chi connectivity index (χ0n) is 11.4. The molecule has 3 rings (SSSR count). The maximum atomic E-state index is 3.68. The van der Waals surface area contributed by atoms with Crippen molar-refractivity contribution >= 4 is 0 Å². The van der Waals surface area contributed by atoms with Crippen molar-refractivity contribution in [3.63, 3.8) is 0 Å². The molecule has 0 bridgehead atoms. The van der Waals surface area contributed by atoms with Gasteiger partial charge in [0.25, 0.3) is 0 Å². The van der Waals surface area contributed by atoms with Crippen molar-refractivity contribution in [3.8, 4) is 0 Å². The van der Waals surface area contributed by atoms with Crippen LogP contribution in [0.4, 0.5) is 0 Å². The molecule has 1 aromatic carbocycles. The SMILES string of the molecule is Cc1ccc(CN2CCCC2C2CCCN2)cc1. The molecule has 2 fully saturated rings. The maximum Gasteiger partial charge on any atom is 0.0253 e. The van der Waals surface area contributed by atoms with Gasteiger partial charge in [0.1, 0.15) is 0 Å². The van der Waals surface area contributed by atoms with Crippen molar-refractivity contribution in [2.45, 2.75) is 51.2 Å². The van der Waals surface area contributed by atoms with Crippen LogP contribution < -0.4 is 5.32 Å². The minimum Gasteiger partial charge on any atom is -0.312 e. The summed E-state index contributed by atoms with van der Waals surface area (Å²) in [6.45, 7) is 5.78. The van der Waals surface area contributed by atoms with E-state index >= 15 is 0 Å². The molecule has 2 aliphatic heterocycles. The molecule has 2 aliphatic rings. The van der Waals surface area contributed by atoms with E-state index in [0.717, 1.165) is 18.6 Å². The van der Waals surface area contributed by atoms with E-state index in [-0.39, 0.29) is 0 Å². The van der Waals surface area contributed by atoms with E-state index in [2.05, 4.69) is 41.4 Å². The fourth-order valence-electron chi connectivity index (χ4n) is 3.47. The van der Waals surface area contributed by atoms with E-state index in [9.17, 15) is 0 Å². The lowest BCUT2D eigenvalue weighted by Gasteiger charge is -2.29.